The number of fused-ring (bicyclic) bond motifs is 1. The third-order valence-electron chi connectivity index (χ3n) is 2.12. The van der Waals surface area contributed by atoms with Gasteiger partial charge in [-0.25, -0.2) is 4.98 Å². The molecule has 0 aliphatic heterocycles. The summed E-state index contributed by atoms with van der Waals surface area (Å²) in [5, 5.41) is 0. The number of anilines is 1. The zero-order chi connectivity index (χ0) is 7.84. The average Bonchev–Trinajstić information content (AvgIpc) is 2.32. The van der Waals surface area contributed by atoms with Crippen molar-refractivity contribution in [2.45, 2.75) is 18.9 Å². The second-order valence-corrected chi connectivity index (χ2v) is 2.92. The van der Waals surface area contributed by atoms with E-state index >= 15 is 0 Å². The molecule has 1 heterocycles. The van der Waals surface area contributed by atoms with Crippen molar-refractivity contribution in [3.8, 4) is 0 Å². The van der Waals surface area contributed by atoms with Crippen LogP contribution in [0.1, 0.15) is 23.7 Å². The van der Waals surface area contributed by atoms with Gasteiger partial charge in [-0.05, 0) is 24.5 Å². The molecule has 1 aromatic rings. The van der Waals surface area contributed by atoms with Crippen molar-refractivity contribution in [2.24, 2.45) is 5.73 Å². The zero-order valence-electron chi connectivity index (χ0n) is 6.25. The fourth-order valence-electron chi connectivity index (χ4n) is 1.51. The molecule has 0 radical (unpaired) electrons. The highest BCUT2D eigenvalue weighted by Gasteiger charge is 2.19. The minimum absolute atomic E-state index is 0.179. The lowest BCUT2D eigenvalue weighted by Crippen LogP contribution is -2.05. The molecule has 2 rings (SSSR count). The Morgan fingerprint density at radius 3 is 3.09 bits per heavy atom. The number of rotatable bonds is 0. The van der Waals surface area contributed by atoms with Gasteiger partial charge in [-0.2, -0.15) is 0 Å². The Bertz CT molecular complexity index is 283. The molecule has 1 aliphatic rings. The van der Waals surface area contributed by atoms with Gasteiger partial charge in [-0.1, -0.05) is 6.07 Å². The molecule has 0 spiro atoms. The SMILES string of the molecule is Nc1ccc2c(n1)CC[C@H]2N. The van der Waals surface area contributed by atoms with Crippen molar-refractivity contribution in [1.29, 1.82) is 0 Å². The highest BCUT2D eigenvalue weighted by molar-refractivity contribution is 5.38. The largest absolute Gasteiger partial charge is 0.384 e. The first-order chi connectivity index (χ1) is 5.27. The molecule has 1 atom stereocenters. The van der Waals surface area contributed by atoms with E-state index in [-0.39, 0.29) is 6.04 Å². The van der Waals surface area contributed by atoms with Gasteiger partial charge in [0.1, 0.15) is 5.82 Å². The van der Waals surface area contributed by atoms with E-state index in [1.54, 1.807) is 0 Å². The van der Waals surface area contributed by atoms with Crippen LogP contribution in [0.3, 0.4) is 0 Å². The van der Waals surface area contributed by atoms with Crippen molar-refractivity contribution in [3.05, 3.63) is 23.4 Å². The van der Waals surface area contributed by atoms with Crippen LogP contribution in [0.2, 0.25) is 0 Å². The van der Waals surface area contributed by atoms with Gasteiger partial charge in [-0.15, -0.1) is 0 Å². The average molecular weight is 149 g/mol. The lowest BCUT2D eigenvalue weighted by molar-refractivity contribution is 0.712. The first-order valence-electron chi connectivity index (χ1n) is 3.78. The summed E-state index contributed by atoms with van der Waals surface area (Å²) in [5.74, 6) is 0.595. The lowest BCUT2D eigenvalue weighted by atomic mass is 10.2. The Balaban J connectivity index is 2.50. The van der Waals surface area contributed by atoms with Crippen LogP contribution in [-0.4, -0.2) is 4.98 Å². The molecule has 0 fully saturated rings. The van der Waals surface area contributed by atoms with E-state index < -0.39 is 0 Å². The summed E-state index contributed by atoms with van der Waals surface area (Å²) in [6.45, 7) is 0. The molecule has 0 amide bonds. The highest BCUT2D eigenvalue weighted by Crippen LogP contribution is 2.27. The summed E-state index contributed by atoms with van der Waals surface area (Å²) in [6.07, 6.45) is 1.98. The number of nitrogens with two attached hydrogens (primary N) is 2. The molecule has 0 unspecified atom stereocenters. The quantitative estimate of drug-likeness (QED) is 0.568. The minimum Gasteiger partial charge on any atom is -0.384 e. The van der Waals surface area contributed by atoms with Crippen molar-refractivity contribution < 1.29 is 0 Å². The van der Waals surface area contributed by atoms with Crippen molar-refractivity contribution in [2.75, 3.05) is 5.73 Å². The van der Waals surface area contributed by atoms with Crippen molar-refractivity contribution >= 4 is 5.82 Å². The van der Waals surface area contributed by atoms with Crippen LogP contribution in [0.15, 0.2) is 12.1 Å². The van der Waals surface area contributed by atoms with Gasteiger partial charge in [-0.3, -0.25) is 0 Å². The predicted molar refractivity (Wildman–Crippen MR) is 43.9 cm³/mol. The number of hydrogen-bond acceptors (Lipinski definition) is 3. The summed E-state index contributed by atoms with van der Waals surface area (Å²) in [7, 11) is 0. The lowest BCUT2D eigenvalue weighted by Gasteiger charge is -2.02. The number of nitrogen functional groups attached to an aromatic ring is 1. The molecular weight excluding hydrogens is 138 g/mol. The number of nitrogens with zero attached hydrogens (tertiary/aromatic N) is 1. The first kappa shape index (κ1) is 6.61. The van der Waals surface area contributed by atoms with Crippen LogP contribution in [-0.2, 0) is 6.42 Å². The van der Waals surface area contributed by atoms with Crippen LogP contribution in [0.5, 0.6) is 0 Å². The van der Waals surface area contributed by atoms with E-state index in [0.29, 0.717) is 5.82 Å². The van der Waals surface area contributed by atoms with E-state index in [2.05, 4.69) is 4.98 Å². The number of aryl methyl sites for hydroxylation is 1. The molecule has 1 aromatic heterocycles. The smallest absolute Gasteiger partial charge is 0.123 e. The molecule has 58 valence electrons. The van der Waals surface area contributed by atoms with Gasteiger partial charge in [0.25, 0.3) is 0 Å². The molecule has 0 saturated heterocycles. The summed E-state index contributed by atoms with van der Waals surface area (Å²) in [6, 6.07) is 3.97. The fourth-order valence-corrected chi connectivity index (χ4v) is 1.51. The maximum absolute atomic E-state index is 5.82. The molecule has 0 saturated carbocycles. The Morgan fingerprint density at radius 2 is 2.27 bits per heavy atom. The van der Waals surface area contributed by atoms with Gasteiger partial charge < -0.3 is 11.5 Å². The Labute approximate surface area is 65.4 Å². The molecule has 0 aromatic carbocycles. The van der Waals surface area contributed by atoms with Crippen LogP contribution < -0.4 is 11.5 Å². The summed E-state index contributed by atoms with van der Waals surface area (Å²) >= 11 is 0. The normalized spacial score (nSPS) is 21.7. The second kappa shape index (κ2) is 2.20. The van der Waals surface area contributed by atoms with Crippen molar-refractivity contribution in [3.63, 3.8) is 0 Å². The van der Waals surface area contributed by atoms with E-state index in [1.807, 2.05) is 12.1 Å². The monoisotopic (exact) mass is 149 g/mol. The van der Waals surface area contributed by atoms with E-state index in [9.17, 15) is 0 Å². The minimum atomic E-state index is 0.179. The number of hydrogen-bond donors (Lipinski definition) is 2. The third-order valence-corrected chi connectivity index (χ3v) is 2.12. The zero-order valence-corrected chi connectivity index (χ0v) is 6.25. The number of pyridine rings is 1. The van der Waals surface area contributed by atoms with Crippen LogP contribution in [0.25, 0.3) is 0 Å². The van der Waals surface area contributed by atoms with Crippen LogP contribution >= 0.6 is 0 Å². The molecule has 11 heavy (non-hydrogen) atoms. The maximum atomic E-state index is 5.82. The van der Waals surface area contributed by atoms with Gasteiger partial charge in [0, 0.05) is 11.7 Å². The Morgan fingerprint density at radius 1 is 1.45 bits per heavy atom. The highest BCUT2D eigenvalue weighted by atomic mass is 14.9. The Hall–Kier alpha value is -1.09. The topological polar surface area (TPSA) is 64.9 Å². The number of aromatic nitrogens is 1. The Kier molecular flexibility index (Phi) is 1.32. The van der Waals surface area contributed by atoms with Crippen LogP contribution in [0.4, 0.5) is 5.82 Å². The second-order valence-electron chi connectivity index (χ2n) is 2.92. The van der Waals surface area contributed by atoms with E-state index in [1.165, 1.54) is 5.56 Å². The van der Waals surface area contributed by atoms with Crippen molar-refractivity contribution in [1.82, 2.24) is 4.98 Å². The summed E-state index contributed by atoms with van der Waals surface area (Å²) < 4.78 is 0. The summed E-state index contributed by atoms with van der Waals surface area (Å²) in [4.78, 5) is 4.20. The molecular formula is C8H11N3. The van der Waals surface area contributed by atoms with Gasteiger partial charge >= 0.3 is 0 Å². The fraction of sp³-hybridized carbons (Fsp3) is 0.375. The maximum Gasteiger partial charge on any atom is 0.123 e. The van der Waals surface area contributed by atoms with Crippen LogP contribution in [0, 0.1) is 0 Å². The third kappa shape index (κ3) is 0.973. The molecule has 1 aliphatic carbocycles. The van der Waals surface area contributed by atoms with Gasteiger partial charge in [0.2, 0.25) is 0 Å². The standard InChI is InChI=1S/C8H11N3/c9-6-2-3-7-5(6)1-4-8(10)11-7/h1,4,6H,2-3,9H2,(H2,10,11)/t6-/m1/s1. The molecule has 3 nitrogen and oxygen atoms in total. The van der Waals surface area contributed by atoms with E-state index in [0.717, 1.165) is 18.5 Å². The van der Waals surface area contributed by atoms with Gasteiger partial charge in [0.15, 0.2) is 0 Å². The first-order valence-corrected chi connectivity index (χ1v) is 3.78. The molecule has 3 heteroatoms. The molecule has 0 bridgehead atoms. The van der Waals surface area contributed by atoms with Gasteiger partial charge in [0.05, 0.1) is 0 Å². The molecule has 4 N–H and O–H groups in total. The predicted octanol–water partition coefficient (Wildman–Crippen LogP) is 0.610. The van der Waals surface area contributed by atoms with E-state index in [4.69, 9.17) is 11.5 Å². The summed E-state index contributed by atoms with van der Waals surface area (Å²) in [5.41, 5.74) is 13.6.